The van der Waals surface area contributed by atoms with Crippen LogP contribution in [0.1, 0.15) is 19.8 Å². The molecule has 80 valence electrons. The fourth-order valence-corrected chi connectivity index (χ4v) is 1.16. The van der Waals surface area contributed by atoms with Crippen molar-refractivity contribution in [2.45, 2.75) is 25.8 Å². The van der Waals surface area contributed by atoms with Gasteiger partial charge in [0.15, 0.2) is 0 Å². The summed E-state index contributed by atoms with van der Waals surface area (Å²) in [5, 5.41) is 11.4. The fraction of sp³-hybridized carbons (Fsp3) is 0.600. The van der Waals surface area contributed by atoms with Gasteiger partial charge in [0, 0.05) is 5.92 Å². The van der Waals surface area contributed by atoms with E-state index in [1.54, 1.807) is 7.05 Å². The van der Waals surface area contributed by atoms with Crippen LogP contribution >= 0.6 is 0 Å². The second-order valence-corrected chi connectivity index (χ2v) is 3.12. The molecule has 0 aliphatic heterocycles. The van der Waals surface area contributed by atoms with E-state index < -0.39 is 12.0 Å². The summed E-state index contributed by atoms with van der Waals surface area (Å²) < 4.78 is 0. The van der Waals surface area contributed by atoms with Gasteiger partial charge in [-0.1, -0.05) is 12.2 Å². The van der Waals surface area contributed by atoms with Crippen molar-refractivity contribution < 1.29 is 14.7 Å². The summed E-state index contributed by atoms with van der Waals surface area (Å²) in [6.07, 6.45) is 5.47. The van der Waals surface area contributed by atoms with E-state index in [-0.39, 0.29) is 5.92 Å². The van der Waals surface area contributed by atoms with Gasteiger partial charge in [0.25, 0.3) is 0 Å². The Morgan fingerprint density at radius 3 is 2.57 bits per heavy atom. The largest absolute Gasteiger partial charge is 0.480 e. The molecule has 2 unspecified atom stereocenters. The van der Waals surface area contributed by atoms with Gasteiger partial charge in [-0.05, 0) is 26.8 Å². The SMILES string of the molecule is CC=CCC(C=O)CC(NC)C(=O)O. The molecule has 0 bridgehead atoms. The van der Waals surface area contributed by atoms with Crippen LogP contribution < -0.4 is 5.32 Å². The molecule has 14 heavy (non-hydrogen) atoms. The molecule has 0 heterocycles. The van der Waals surface area contributed by atoms with Gasteiger partial charge in [-0.3, -0.25) is 4.79 Å². The van der Waals surface area contributed by atoms with Crippen LogP contribution in [0, 0.1) is 5.92 Å². The highest BCUT2D eigenvalue weighted by atomic mass is 16.4. The van der Waals surface area contributed by atoms with E-state index in [2.05, 4.69) is 5.32 Å². The summed E-state index contributed by atoms with van der Waals surface area (Å²) >= 11 is 0. The Bertz CT molecular complexity index is 213. The quantitative estimate of drug-likeness (QED) is 0.471. The molecule has 4 heteroatoms. The van der Waals surface area contributed by atoms with E-state index in [9.17, 15) is 9.59 Å². The summed E-state index contributed by atoms with van der Waals surface area (Å²) in [5.41, 5.74) is 0. The lowest BCUT2D eigenvalue weighted by molar-refractivity contribution is -0.139. The predicted octanol–water partition coefficient (Wildman–Crippen LogP) is 0.830. The molecule has 0 radical (unpaired) electrons. The van der Waals surface area contributed by atoms with Crippen LogP contribution in [0.4, 0.5) is 0 Å². The molecule has 0 saturated heterocycles. The average Bonchev–Trinajstić information content (AvgIpc) is 2.18. The summed E-state index contributed by atoms with van der Waals surface area (Å²) in [4.78, 5) is 21.3. The molecule has 4 nitrogen and oxygen atoms in total. The maximum atomic E-state index is 10.7. The third-order valence-corrected chi connectivity index (χ3v) is 2.05. The molecule has 2 atom stereocenters. The molecule has 0 fully saturated rings. The topological polar surface area (TPSA) is 66.4 Å². The second-order valence-electron chi connectivity index (χ2n) is 3.12. The maximum Gasteiger partial charge on any atom is 0.320 e. The van der Waals surface area contributed by atoms with Gasteiger partial charge in [0.05, 0.1) is 0 Å². The molecule has 0 rings (SSSR count). The summed E-state index contributed by atoms with van der Waals surface area (Å²) in [7, 11) is 1.58. The van der Waals surface area contributed by atoms with Crippen LogP contribution in [0.15, 0.2) is 12.2 Å². The van der Waals surface area contributed by atoms with Crippen LogP contribution in [-0.2, 0) is 9.59 Å². The lowest BCUT2D eigenvalue weighted by Crippen LogP contribution is -2.35. The van der Waals surface area contributed by atoms with E-state index in [1.165, 1.54) is 0 Å². The van der Waals surface area contributed by atoms with Crippen molar-refractivity contribution in [3.8, 4) is 0 Å². The summed E-state index contributed by atoms with van der Waals surface area (Å²) in [5.74, 6) is -1.14. The van der Waals surface area contributed by atoms with Gasteiger partial charge in [-0.25, -0.2) is 0 Å². The molecule has 0 aliphatic rings. The smallest absolute Gasteiger partial charge is 0.320 e. The zero-order valence-electron chi connectivity index (χ0n) is 8.56. The number of carboxylic acids is 1. The van der Waals surface area contributed by atoms with E-state index in [1.807, 2.05) is 19.1 Å². The van der Waals surface area contributed by atoms with E-state index in [0.717, 1.165) is 6.29 Å². The monoisotopic (exact) mass is 199 g/mol. The zero-order valence-corrected chi connectivity index (χ0v) is 8.56. The number of hydrogen-bond donors (Lipinski definition) is 2. The standard InChI is InChI=1S/C10H17NO3/c1-3-4-5-8(7-12)6-9(11-2)10(13)14/h3-4,7-9,11H,5-6H2,1-2H3,(H,13,14). The molecular weight excluding hydrogens is 182 g/mol. The number of carboxylic acid groups (broad SMARTS) is 1. The minimum absolute atomic E-state index is 0.222. The highest BCUT2D eigenvalue weighted by Gasteiger charge is 2.19. The van der Waals surface area contributed by atoms with Gasteiger partial charge in [-0.2, -0.15) is 0 Å². The van der Waals surface area contributed by atoms with Crippen molar-refractivity contribution in [3.05, 3.63) is 12.2 Å². The van der Waals surface area contributed by atoms with Crippen molar-refractivity contribution in [3.63, 3.8) is 0 Å². The Morgan fingerprint density at radius 2 is 2.21 bits per heavy atom. The lowest BCUT2D eigenvalue weighted by Gasteiger charge is -2.14. The van der Waals surface area contributed by atoms with E-state index in [4.69, 9.17) is 5.11 Å². The number of nitrogens with one attached hydrogen (secondary N) is 1. The lowest BCUT2D eigenvalue weighted by atomic mass is 9.98. The second kappa shape index (κ2) is 7.26. The Labute approximate surface area is 84.0 Å². The number of likely N-dealkylation sites (N-methyl/N-ethyl adjacent to an activating group) is 1. The fourth-order valence-electron chi connectivity index (χ4n) is 1.16. The van der Waals surface area contributed by atoms with Crippen LogP contribution in [0.5, 0.6) is 0 Å². The Kier molecular flexibility index (Phi) is 6.66. The first kappa shape index (κ1) is 12.8. The predicted molar refractivity (Wildman–Crippen MR) is 54.1 cm³/mol. The molecule has 0 amide bonds. The van der Waals surface area contributed by atoms with Crippen molar-refractivity contribution in [1.29, 1.82) is 0 Å². The first-order valence-corrected chi connectivity index (χ1v) is 4.62. The van der Waals surface area contributed by atoms with Crippen LogP contribution in [0.25, 0.3) is 0 Å². The molecule has 0 aromatic rings. The van der Waals surface area contributed by atoms with Crippen molar-refractivity contribution >= 4 is 12.3 Å². The van der Waals surface area contributed by atoms with Crippen LogP contribution in [0.3, 0.4) is 0 Å². The molecule has 0 aromatic carbocycles. The number of hydrogen-bond acceptors (Lipinski definition) is 3. The average molecular weight is 199 g/mol. The number of allylic oxidation sites excluding steroid dienone is 2. The molecular formula is C10H17NO3. The van der Waals surface area contributed by atoms with Gasteiger partial charge in [0.1, 0.15) is 12.3 Å². The number of rotatable bonds is 7. The Balaban J connectivity index is 4.13. The first-order chi connectivity index (χ1) is 6.65. The van der Waals surface area contributed by atoms with Crippen molar-refractivity contribution in [2.24, 2.45) is 5.92 Å². The highest BCUT2D eigenvalue weighted by molar-refractivity contribution is 5.74. The summed E-state index contributed by atoms with van der Waals surface area (Å²) in [6, 6.07) is -0.643. The molecule has 0 aliphatic carbocycles. The summed E-state index contributed by atoms with van der Waals surface area (Å²) in [6.45, 7) is 1.87. The van der Waals surface area contributed by atoms with Crippen molar-refractivity contribution in [2.75, 3.05) is 7.05 Å². The van der Waals surface area contributed by atoms with E-state index >= 15 is 0 Å². The number of carbonyl (C=O) groups excluding carboxylic acids is 1. The minimum atomic E-state index is -0.917. The normalized spacial score (nSPS) is 15.3. The van der Waals surface area contributed by atoms with Crippen LogP contribution in [0.2, 0.25) is 0 Å². The first-order valence-electron chi connectivity index (χ1n) is 4.62. The molecule has 0 saturated carbocycles. The van der Waals surface area contributed by atoms with Gasteiger partial charge >= 0.3 is 5.97 Å². The Hall–Kier alpha value is -1.16. The molecule has 0 aromatic heterocycles. The number of aldehydes is 1. The van der Waals surface area contributed by atoms with Crippen molar-refractivity contribution in [1.82, 2.24) is 5.32 Å². The van der Waals surface area contributed by atoms with Gasteiger partial charge in [-0.15, -0.1) is 0 Å². The molecule has 2 N–H and O–H groups in total. The third-order valence-electron chi connectivity index (χ3n) is 2.05. The minimum Gasteiger partial charge on any atom is -0.480 e. The third kappa shape index (κ3) is 4.77. The number of aliphatic carboxylic acids is 1. The zero-order chi connectivity index (χ0) is 11.0. The number of carbonyl (C=O) groups is 2. The van der Waals surface area contributed by atoms with E-state index in [0.29, 0.717) is 12.8 Å². The van der Waals surface area contributed by atoms with Crippen LogP contribution in [-0.4, -0.2) is 30.5 Å². The maximum absolute atomic E-state index is 10.7. The highest BCUT2D eigenvalue weighted by Crippen LogP contribution is 2.09. The molecule has 0 spiro atoms. The van der Waals surface area contributed by atoms with Gasteiger partial charge < -0.3 is 15.2 Å². The van der Waals surface area contributed by atoms with Gasteiger partial charge in [0.2, 0.25) is 0 Å². The Morgan fingerprint density at radius 1 is 1.57 bits per heavy atom.